The van der Waals surface area contributed by atoms with Crippen LogP contribution in [0, 0.1) is 5.92 Å². The largest absolute Gasteiger partial charge is 0.381 e. The maximum absolute atomic E-state index is 12.9. The molecular weight excluding hydrogens is 440 g/mol. The number of hydrogen-bond acceptors (Lipinski definition) is 5. The van der Waals surface area contributed by atoms with Crippen molar-refractivity contribution in [3.05, 3.63) is 48.3 Å². The summed E-state index contributed by atoms with van der Waals surface area (Å²) in [6.45, 7) is 10.2. The van der Waals surface area contributed by atoms with Gasteiger partial charge < -0.3 is 14.6 Å². The minimum atomic E-state index is -3.79. The second-order valence-electron chi connectivity index (χ2n) is 9.54. The van der Waals surface area contributed by atoms with Crippen LogP contribution in [0.2, 0.25) is 0 Å². The summed E-state index contributed by atoms with van der Waals surface area (Å²) in [6, 6.07) is 11.5. The van der Waals surface area contributed by atoms with Gasteiger partial charge in [-0.05, 0) is 48.9 Å². The van der Waals surface area contributed by atoms with Crippen molar-refractivity contribution in [1.82, 2.24) is 9.55 Å². The molecule has 1 unspecified atom stereocenters. The van der Waals surface area contributed by atoms with Gasteiger partial charge in [0, 0.05) is 37.1 Å². The second kappa shape index (κ2) is 8.79. The summed E-state index contributed by atoms with van der Waals surface area (Å²) in [5, 5.41) is 2.63. The molecule has 1 aromatic heterocycles. The van der Waals surface area contributed by atoms with E-state index in [1.165, 1.54) is 19.1 Å². The summed E-state index contributed by atoms with van der Waals surface area (Å²) in [4.78, 5) is 16.2. The van der Waals surface area contributed by atoms with Gasteiger partial charge in [0.05, 0.1) is 28.2 Å². The molecule has 1 fully saturated rings. The molecule has 1 saturated heterocycles. The van der Waals surface area contributed by atoms with Crippen LogP contribution in [0.1, 0.15) is 39.9 Å². The van der Waals surface area contributed by atoms with E-state index in [0.717, 1.165) is 43.0 Å². The minimum Gasteiger partial charge on any atom is -0.381 e. The number of aromatic nitrogens is 2. The number of rotatable bonds is 6. The summed E-state index contributed by atoms with van der Waals surface area (Å²) in [5.41, 5.74) is 2.56. The molecule has 1 aliphatic rings. The lowest BCUT2D eigenvalue weighted by atomic mass is 9.95. The standard InChI is InChI=1S/C24H30N4O4S/c1-16(29)25-18-5-8-20(9-6-18)33(30,31)27-19-7-10-22-21(13-19)26-23(24(2,3)4)28(22)14-17-11-12-32-15-17/h5-10,13,17,27H,11-12,14-15H2,1-4H3,(H,25,29). The predicted octanol–water partition coefficient (Wildman–Crippen LogP) is 4.13. The maximum Gasteiger partial charge on any atom is 0.261 e. The summed E-state index contributed by atoms with van der Waals surface area (Å²) in [5.74, 6) is 1.20. The Morgan fingerprint density at radius 2 is 1.85 bits per heavy atom. The molecule has 9 heteroatoms. The Morgan fingerprint density at radius 3 is 2.45 bits per heavy atom. The van der Waals surface area contributed by atoms with Crippen molar-refractivity contribution in [1.29, 1.82) is 0 Å². The zero-order chi connectivity index (χ0) is 23.8. The average Bonchev–Trinajstić information content (AvgIpc) is 3.36. The number of amides is 1. The Balaban J connectivity index is 1.63. The minimum absolute atomic E-state index is 0.110. The number of nitrogens with one attached hydrogen (secondary N) is 2. The van der Waals surface area contributed by atoms with Crippen LogP contribution in [0.25, 0.3) is 11.0 Å². The summed E-state index contributed by atoms with van der Waals surface area (Å²) in [7, 11) is -3.79. The number of nitrogens with zero attached hydrogens (tertiary/aromatic N) is 2. The van der Waals surface area contributed by atoms with E-state index in [1.807, 2.05) is 6.07 Å². The number of imidazole rings is 1. The van der Waals surface area contributed by atoms with Gasteiger partial charge in [0.2, 0.25) is 5.91 Å². The average molecular weight is 471 g/mol. The predicted molar refractivity (Wildman–Crippen MR) is 129 cm³/mol. The van der Waals surface area contributed by atoms with E-state index in [2.05, 4.69) is 35.4 Å². The number of hydrogen-bond donors (Lipinski definition) is 2. The van der Waals surface area contributed by atoms with Crippen LogP contribution < -0.4 is 10.0 Å². The van der Waals surface area contributed by atoms with E-state index < -0.39 is 10.0 Å². The highest BCUT2D eigenvalue weighted by molar-refractivity contribution is 7.92. The van der Waals surface area contributed by atoms with Gasteiger partial charge >= 0.3 is 0 Å². The molecule has 3 aromatic rings. The Morgan fingerprint density at radius 1 is 1.15 bits per heavy atom. The van der Waals surface area contributed by atoms with Crippen LogP contribution in [0.5, 0.6) is 0 Å². The van der Waals surface area contributed by atoms with Crippen molar-refractivity contribution in [3.8, 4) is 0 Å². The fraction of sp³-hybridized carbons (Fsp3) is 0.417. The first-order chi connectivity index (χ1) is 15.5. The normalized spacial score (nSPS) is 16.8. The Labute approximate surface area is 194 Å². The molecule has 1 aliphatic heterocycles. The number of sulfonamides is 1. The molecular formula is C24H30N4O4S. The molecule has 2 N–H and O–H groups in total. The number of anilines is 2. The number of benzene rings is 2. The maximum atomic E-state index is 12.9. The monoisotopic (exact) mass is 470 g/mol. The number of ether oxygens (including phenoxy) is 1. The van der Waals surface area contributed by atoms with Crippen LogP contribution in [-0.4, -0.2) is 37.1 Å². The van der Waals surface area contributed by atoms with Gasteiger partial charge in [-0.1, -0.05) is 20.8 Å². The quantitative estimate of drug-likeness (QED) is 0.564. The lowest BCUT2D eigenvalue weighted by molar-refractivity contribution is -0.114. The van der Waals surface area contributed by atoms with Gasteiger partial charge in [0.25, 0.3) is 10.0 Å². The highest BCUT2D eigenvalue weighted by Gasteiger charge is 2.26. The van der Waals surface area contributed by atoms with Gasteiger partial charge in [-0.15, -0.1) is 0 Å². The van der Waals surface area contributed by atoms with Gasteiger partial charge in [-0.3, -0.25) is 9.52 Å². The highest BCUT2D eigenvalue weighted by atomic mass is 32.2. The molecule has 2 heterocycles. The molecule has 0 radical (unpaired) electrons. The van der Waals surface area contributed by atoms with E-state index in [0.29, 0.717) is 17.3 Å². The lowest BCUT2D eigenvalue weighted by Gasteiger charge is -2.21. The molecule has 4 rings (SSSR count). The molecule has 1 amide bonds. The van der Waals surface area contributed by atoms with Crippen molar-refractivity contribution >= 4 is 38.3 Å². The van der Waals surface area contributed by atoms with Crippen molar-refractivity contribution in [2.45, 2.75) is 51.0 Å². The molecule has 0 spiro atoms. The third-order valence-corrected chi connectivity index (χ3v) is 7.02. The highest BCUT2D eigenvalue weighted by Crippen LogP contribution is 2.30. The summed E-state index contributed by atoms with van der Waals surface area (Å²) in [6.07, 6.45) is 1.03. The number of carbonyl (C=O) groups is 1. The first-order valence-corrected chi connectivity index (χ1v) is 12.5. The lowest BCUT2D eigenvalue weighted by Crippen LogP contribution is -2.22. The Hall–Kier alpha value is -2.91. The van der Waals surface area contributed by atoms with Crippen molar-refractivity contribution < 1.29 is 17.9 Å². The fourth-order valence-electron chi connectivity index (χ4n) is 4.07. The molecule has 1 atom stereocenters. The molecule has 33 heavy (non-hydrogen) atoms. The van der Waals surface area contributed by atoms with Crippen molar-refractivity contribution in [2.75, 3.05) is 23.3 Å². The number of fused-ring (bicyclic) bond motifs is 1. The van der Waals surface area contributed by atoms with Crippen molar-refractivity contribution in [2.24, 2.45) is 5.92 Å². The molecule has 0 aliphatic carbocycles. The van der Waals surface area contributed by atoms with Crippen LogP contribution in [0.3, 0.4) is 0 Å². The Kier molecular flexibility index (Phi) is 6.20. The third-order valence-electron chi connectivity index (χ3n) is 5.62. The van der Waals surface area contributed by atoms with Crippen LogP contribution in [0.4, 0.5) is 11.4 Å². The third kappa shape index (κ3) is 5.20. The molecule has 0 saturated carbocycles. The zero-order valence-corrected chi connectivity index (χ0v) is 20.2. The first kappa shape index (κ1) is 23.3. The smallest absolute Gasteiger partial charge is 0.261 e. The summed E-state index contributed by atoms with van der Waals surface area (Å²) >= 11 is 0. The van der Waals surface area contributed by atoms with E-state index >= 15 is 0 Å². The number of carbonyl (C=O) groups excluding carboxylic acids is 1. The van der Waals surface area contributed by atoms with E-state index in [-0.39, 0.29) is 16.2 Å². The summed E-state index contributed by atoms with van der Waals surface area (Å²) < 4.78 is 36.2. The molecule has 0 bridgehead atoms. The first-order valence-electron chi connectivity index (χ1n) is 11.0. The second-order valence-corrected chi connectivity index (χ2v) is 11.2. The topological polar surface area (TPSA) is 102 Å². The van der Waals surface area contributed by atoms with Gasteiger partial charge in [0.15, 0.2) is 0 Å². The van der Waals surface area contributed by atoms with Crippen LogP contribution >= 0.6 is 0 Å². The van der Waals surface area contributed by atoms with Crippen LogP contribution in [-0.2, 0) is 31.5 Å². The molecule has 2 aromatic carbocycles. The van der Waals surface area contributed by atoms with Crippen LogP contribution in [0.15, 0.2) is 47.4 Å². The SMILES string of the molecule is CC(=O)Nc1ccc(S(=O)(=O)Nc2ccc3c(c2)nc(C(C)(C)C)n3CC2CCOC2)cc1. The van der Waals surface area contributed by atoms with Crippen molar-refractivity contribution in [3.63, 3.8) is 0 Å². The van der Waals surface area contributed by atoms with Gasteiger partial charge in [-0.2, -0.15) is 0 Å². The van der Waals surface area contributed by atoms with E-state index in [9.17, 15) is 13.2 Å². The molecule has 8 nitrogen and oxygen atoms in total. The fourth-order valence-corrected chi connectivity index (χ4v) is 5.12. The molecule has 176 valence electrons. The van der Waals surface area contributed by atoms with Gasteiger partial charge in [-0.25, -0.2) is 13.4 Å². The van der Waals surface area contributed by atoms with E-state index in [1.54, 1.807) is 24.3 Å². The van der Waals surface area contributed by atoms with Gasteiger partial charge in [0.1, 0.15) is 5.82 Å². The van der Waals surface area contributed by atoms with E-state index in [4.69, 9.17) is 9.72 Å². The zero-order valence-electron chi connectivity index (χ0n) is 19.4. The Bertz CT molecular complexity index is 1270.